The summed E-state index contributed by atoms with van der Waals surface area (Å²) in [6, 6.07) is 2.40. The third kappa shape index (κ3) is 6.13. The lowest BCUT2D eigenvalue weighted by atomic mass is 10.0. The Labute approximate surface area is 189 Å². The summed E-state index contributed by atoms with van der Waals surface area (Å²) in [5, 5.41) is 0. The zero-order chi connectivity index (χ0) is 21.4. The van der Waals surface area contributed by atoms with Crippen LogP contribution in [0.3, 0.4) is 0 Å². The molecule has 4 aliphatic heterocycles. The quantitative estimate of drug-likeness (QED) is 0.245. The van der Waals surface area contributed by atoms with E-state index < -0.39 is 25.1 Å². The number of nitrogens with one attached hydrogen (secondary N) is 3. The van der Waals surface area contributed by atoms with Gasteiger partial charge in [0.15, 0.2) is 0 Å². The van der Waals surface area contributed by atoms with Crippen LogP contribution in [0.1, 0.15) is 80.1 Å². The average molecular weight is 475 g/mol. The van der Waals surface area contributed by atoms with Gasteiger partial charge in [0.2, 0.25) is 0 Å². The highest BCUT2D eigenvalue weighted by Gasteiger charge is 2.52. The maximum atomic E-state index is 4.05. The van der Waals surface area contributed by atoms with Gasteiger partial charge >= 0.3 is 0 Å². The van der Waals surface area contributed by atoms with Crippen molar-refractivity contribution >= 4 is 25.1 Å². The molecule has 4 fully saturated rings. The molecule has 30 heavy (non-hydrogen) atoms. The van der Waals surface area contributed by atoms with E-state index in [2.05, 4.69) is 70.1 Å². The van der Waals surface area contributed by atoms with E-state index in [1.165, 1.54) is 58.2 Å². The highest BCUT2D eigenvalue weighted by molar-refractivity contribution is 7.82. The fourth-order valence-electron chi connectivity index (χ4n) is 4.40. The molecule has 0 aromatic rings. The zero-order valence-electron chi connectivity index (χ0n) is 20.0. The molecule has 0 radical (unpaired) electrons. The molecular weight excluding hydrogens is 429 g/mol. The Morgan fingerprint density at radius 2 is 0.867 bits per heavy atom. The third-order valence-electron chi connectivity index (χ3n) is 7.51. The van der Waals surface area contributed by atoms with Crippen molar-refractivity contribution in [1.29, 1.82) is 0 Å². The summed E-state index contributed by atoms with van der Waals surface area (Å²) in [7, 11) is -1.20. The van der Waals surface area contributed by atoms with E-state index in [-0.39, 0.29) is 0 Å². The van der Waals surface area contributed by atoms with Gasteiger partial charge in [0.1, 0.15) is 25.1 Å². The Hall–Kier alpha value is 1.05. The van der Waals surface area contributed by atoms with Gasteiger partial charge in [-0.1, -0.05) is 60.8 Å². The predicted octanol–water partition coefficient (Wildman–Crippen LogP) is 5.81. The molecule has 0 aliphatic carbocycles. The predicted molar refractivity (Wildman–Crippen MR) is 134 cm³/mol. The molecule has 9 atom stereocenters. The first-order chi connectivity index (χ1) is 14.4. The van der Waals surface area contributed by atoms with Crippen LogP contribution >= 0.6 is 25.1 Å². The van der Waals surface area contributed by atoms with Crippen molar-refractivity contribution in [3.8, 4) is 0 Å². The Balaban J connectivity index is 1.35. The summed E-state index contributed by atoms with van der Waals surface area (Å²) < 4.78 is 8.23. The van der Waals surface area contributed by atoms with Crippen LogP contribution in [0.15, 0.2) is 0 Å². The minimum Gasteiger partial charge on any atom is -0.251 e. The Morgan fingerprint density at radius 3 is 1.10 bits per heavy atom. The van der Waals surface area contributed by atoms with Crippen LogP contribution in [0.5, 0.6) is 0 Å². The maximum Gasteiger partial charge on any atom is 0.126 e. The third-order valence-corrected chi connectivity index (χ3v) is 15.1. The van der Waals surface area contributed by atoms with Gasteiger partial charge in [0.25, 0.3) is 0 Å². The van der Waals surface area contributed by atoms with Gasteiger partial charge in [-0.05, 0) is 37.0 Å². The van der Waals surface area contributed by atoms with Crippen LogP contribution in [0.4, 0.5) is 0 Å². The second-order valence-electron chi connectivity index (χ2n) is 10.3. The lowest BCUT2D eigenvalue weighted by Crippen LogP contribution is -2.35. The molecule has 3 N–H and O–H groups in total. The minimum atomic E-state index is -0.399. The van der Waals surface area contributed by atoms with E-state index in [4.69, 9.17) is 0 Å². The molecule has 9 heteroatoms. The molecule has 0 spiro atoms. The fourth-order valence-corrected chi connectivity index (χ4v) is 13.4. The van der Waals surface area contributed by atoms with Gasteiger partial charge in [-0.25, -0.2) is 14.6 Å². The number of rotatable bonds is 12. The van der Waals surface area contributed by atoms with Crippen LogP contribution in [0, 0.1) is 17.8 Å². The van der Waals surface area contributed by atoms with Crippen LogP contribution in [0.25, 0.3) is 0 Å². The molecule has 4 rings (SSSR count). The maximum absolute atomic E-state index is 4.05. The molecule has 0 bridgehead atoms. The number of hydrogen-bond acceptors (Lipinski definition) is 6. The molecule has 0 aromatic carbocycles. The van der Waals surface area contributed by atoms with Crippen molar-refractivity contribution in [1.82, 2.24) is 28.6 Å². The van der Waals surface area contributed by atoms with Gasteiger partial charge < -0.3 is 0 Å². The lowest BCUT2D eigenvalue weighted by molar-refractivity contribution is 0.489. The molecule has 0 amide bonds. The lowest BCUT2D eigenvalue weighted by Gasteiger charge is -2.39. The van der Waals surface area contributed by atoms with E-state index in [1.54, 1.807) is 0 Å². The molecule has 4 heterocycles. The first kappa shape index (κ1) is 24.2. The normalized spacial score (nSPS) is 45.6. The summed E-state index contributed by atoms with van der Waals surface area (Å²) >= 11 is 0. The molecular formula is C21H45N6P3. The molecule has 6 nitrogen and oxygen atoms in total. The van der Waals surface area contributed by atoms with Crippen LogP contribution in [0.2, 0.25) is 0 Å². The fraction of sp³-hybridized carbons (Fsp3) is 1.00. The Kier molecular flexibility index (Phi) is 8.50. The van der Waals surface area contributed by atoms with E-state index in [1.807, 2.05) is 0 Å². The second-order valence-corrected chi connectivity index (χ2v) is 16.1. The zero-order valence-corrected chi connectivity index (χ0v) is 22.7. The van der Waals surface area contributed by atoms with Gasteiger partial charge in [-0.15, -0.1) is 0 Å². The van der Waals surface area contributed by atoms with Crippen molar-refractivity contribution in [2.75, 3.05) is 19.6 Å². The van der Waals surface area contributed by atoms with Crippen molar-refractivity contribution in [3.05, 3.63) is 0 Å². The van der Waals surface area contributed by atoms with E-state index in [0.717, 1.165) is 35.9 Å². The van der Waals surface area contributed by atoms with Crippen molar-refractivity contribution in [3.63, 3.8) is 0 Å². The number of hydrogen-bond donors (Lipinski definition) is 3. The first-order valence-electron chi connectivity index (χ1n) is 12.4. The number of nitrogens with zero attached hydrogens (tertiary/aromatic N) is 3. The summed E-state index contributed by atoms with van der Waals surface area (Å²) in [4.78, 5) is 12.1. The molecule has 9 unspecified atom stereocenters. The van der Waals surface area contributed by atoms with Crippen LogP contribution in [-0.2, 0) is 0 Å². The topological polar surface area (TPSA) is 45.1 Å². The monoisotopic (exact) mass is 474 g/mol. The van der Waals surface area contributed by atoms with Crippen molar-refractivity contribution in [2.24, 2.45) is 17.8 Å². The van der Waals surface area contributed by atoms with Gasteiger partial charge in [0.05, 0.1) is 0 Å². The largest absolute Gasteiger partial charge is 0.251 e. The summed E-state index contributed by atoms with van der Waals surface area (Å²) in [5.41, 5.74) is 0. The first-order valence-corrected chi connectivity index (χ1v) is 16.3. The molecule has 4 aliphatic rings. The van der Waals surface area contributed by atoms with Crippen molar-refractivity contribution in [2.45, 2.75) is 98.2 Å². The van der Waals surface area contributed by atoms with E-state index >= 15 is 0 Å². The SMILES string of the molecule is CCC(C)CC1CN1P1NP(N2CC2CC(C)CC)NP(N2CC2CC(C)CC)N1. The highest BCUT2D eigenvalue weighted by atomic mass is 31.3. The molecule has 0 aromatic heterocycles. The Bertz CT molecular complexity index is 489. The summed E-state index contributed by atoms with van der Waals surface area (Å²) in [5.74, 6) is 2.54. The summed E-state index contributed by atoms with van der Waals surface area (Å²) in [6.07, 6.45) is 8.01. The minimum absolute atomic E-state index is 0.399. The molecule has 4 saturated heterocycles. The smallest absolute Gasteiger partial charge is 0.126 e. The van der Waals surface area contributed by atoms with Crippen LogP contribution < -0.4 is 14.6 Å². The van der Waals surface area contributed by atoms with Gasteiger partial charge in [-0.3, -0.25) is 14.0 Å². The van der Waals surface area contributed by atoms with Crippen LogP contribution in [-0.4, -0.2) is 51.8 Å². The van der Waals surface area contributed by atoms with Crippen molar-refractivity contribution < 1.29 is 0 Å². The van der Waals surface area contributed by atoms with Gasteiger partial charge in [0, 0.05) is 37.8 Å². The standard InChI is InChI=1S/C21H45N6P3/c1-7-16(4)10-19-13-25(19)28-22-29(26-14-20(26)11-17(5)8-2)24-30(23-28)27-15-21(27)12-18(6)9-3/h16-24H,7-15H2,1-6H3. The van der Waals surface area contributed by atoms with E-state index in [0.29, 0.717) is 0 Å². The highest BCUT2D eigenvalue weighted by Crippen LogP contribution is 2.66. The average Bonchev–Trinajstić information content (AvgIpc) is 3.62. The molecule has 0 saturated carbocycles. The molecule has 174 valence electrons. The van der Waals surface area contributed by atoms with Gasteiger partial charge in [-0.2, -0.15) is 0 Å². The Morgan fingerprint density at radius 1 is 0.600 bits per heavy atom. The second kappa shape index (κ2) is 10.5. The van der Waals surface area contributed by atoms with E-state index in [9.17, 15) is 0 Å². The summed E-state index contributed by atoms with van der Waals surface area (Å²) in [6.45, 7) is 18.1.